The van der Waals surface area contributed by atoms with Crippen LogP contribution >= 0.6 is 15.9 Å². The quantitative estimate of drug-likeness (QED) is 0.696. The molecular formula is C22H25BrN2O2. The number of ether oxygens (including phenoxy) is 1. The van der Waals surface area contributed by atoms with Gasteiger partial charge in [-0.05, 0) is 44.5 Å². The number of hydrogen-bond donors (Lipinski definition) is 1. The number of amides is 1. The second-order valence-corrected chi connectivity index (χ2v) is 8.93. The molecular weight excluding hydrogens is 404 g/mol. The van der Waals surface area contributed by atoms with E-state index in [4.69, 9.17) is 4.74 Å². The number of hydrogen-bond acceptors (Lipinski definition) is 3. The number of fused-ring (bicyclic) bond motifs is 2. The van der Waals surface area contributed by atoms with Crippen molar-refractivity contribution < 1.29 is 9.53 Å². The van der Waals surface area contributed by atoms with Crippen LogP contribution in [0.15, 0.2) is 54.6 Å². The molecule has 4 nitrogen and oxygen atoms in total. The summed E-state index contributed by atoms with van der Waals surface area (Å²) in [6.45, 7) is 0. The molecule has 2 fully saturated rings. The number of anilines is 1. The number of nitrogens with zero attached hydrogens (tertiary/aromatic N) is 1. The third-order valence-electron chi connectivity index (χ3n) is 5.92. The highest BCUT2D eigenvalue weighted by molar-refractivity contribution is 9.09. The molecule has 2 saturated carbocycles. The average Bonchev–Trinajstić information content (AvgIpc) is 3.17. The Morgan fingerprint density at radius 3 is 2.44 bits per heavy atom. The van der Waals surface area contributed by atoms with E-state index in [2.05, 4.69) is 40.2 Å². The largest absolute Gasteiger partial charge is 0.446 e. The molecule has 0 heterocycles. The maximum atomic E-state index is 12.6. The molecule has 5 unspecified atom stereocenters. The van der Waals surface area contributed by atoms with Gasteiger partial charge in [0.15, 0.2) is 0 Å². The third kappa shape index (κ3) is 3.63. The number of carbonyl (C=O) groups excluding carboxylic acids is 1. The fraction of sp³-hybridized carbons (Fsp3) is 0.409. The molecule has 0 radical (unpaired) electrons. The molecule has 4 rings (SSSR count). The van der Waals surface area contributed by atoms with Gasteiger partial charge in [0.1, 0.15) is 6.10 Å². The molecule has 142 valence electrons. The van der Waals surface area contributed by atoms with E-state index in [0.717, 1.165) is 29.7 Å². The van der Waals surface area contributed by atoms with Gasteiger partial charge in [0.25, 0.3) is 0 Å². The second kappa shape index (κ2) is 7.64. The molecule has 0 aliphatic heterocycles. The predicted molar refractivity (Wildman–Crippen MR) is 112 cm³/mol. The summed E-state index contributed by atoms with van der Waals surface area (Å²) in [5.74, 6) is 0.934. The molecule has 5 atom stereocenters. The lowest BCUT2D eigenvalue weighted by Gasteiger charge is -2.26. The highest BCUT2D eigenvalue weighted by atomic mass is 79.9. The van der Waals surface area contributed by atoms with Crippen molar-refractivity contribution in [1.29, 1.82) is 0 Å². The topological polar surface area (TPSA) is 41.6 Å². The van der Waals surface area contributed by atoms with E-state index in [1.54, 1.807) is 0 Å². The van der Waals surface area contributed by atoms with Gasteiger partial charge in [-0.3, -0.25) is 5.32 Å². The molecule has 2 aliphatic rings. The molecule has 0 saturated heterocycles. The second-order valence-electron chi connectivity index (χ2n) is 7.75. The highest BCUT2D eigenvalue weighted by Crippen LogP contribution is 2.51. The van der Waals surface area contributed by atoms with Crippen LogP contribution in [-0.2, 0) is 4.74 Å². The van der Waals surface area contributed by atoms with Crippen LogP contribution in [0.2, 0.25) is 0 Å². The Bertz CT molecular complexity index is 811. The molecule has 5 heteroatoms. The number of halogens is 1. The van der Waals surface area contributed by atoms with Gasteiger partial charge in [0, 0.05) is 22.4 Å². The molecule has 27 heavy (non-hydrogen) atoms. The van der Waals surface area contributed by atoms with E-state index in [1.165, 1.54) is 0 Å². The van der Waals surface area contributed by atoms with E-state index in [-0.39, 0.29) is 12.2 Å². The van der Waals surface area contributed by atoms with Gasteiger partial charge in [0.05, 0.1) is 5.69 Å². The van der Waals surface area contributed by atoms with Gasteiger partial charge in [-0.2, -0.15) is 0 Å². The first-order valence-electron chi connectivity index (χ1n) is 9.47. The Hall–Kier alpha value is -1.85. The van der Waals surface area contributed by atoms with Gasteiger partial charge >= 0.3 is 6.09 Å². The zero-order chi connectivity index (χ0) is 19.0. The van der Waals surface area contributed by atoms with Crippen molar-refractivity contribution in [3.05, 3.63) is 54.6 Å². The van der Waals surface area contributed by atoms with Gasteiger partial charge < -0.3 is 9.64 Å². The monoisotopic (exact) mass is 428 g/mol. The Kier molecular flexibility index (Phi) is 5.24. The van der Waals surface area contributed by atoms with Crippen LogP contribution < -0.4 is 5.32 Å². The normalized spacial score (nSPS) is 29.1. The predicted octanol–water partition coefficient (Wildman–Crippen LogP) is 5.00. The van der Waals surface area contributed by atoms with E-state index < -0.39 is 0 Å². The number of alkyl halides is 1. The first-order chi connectivity index (χ1) is 13.0. The van der Waals surface area contributed by atoms with Crippen molar-refractivity contribution in [3.8, 4) is 11.1 Å². The van der Waals surface area contributed by atoms with Crippen molar-refractivity contribution in [2.45, 2.75) is 29.8 Å². The maximum absolute atomic E-state index is 12.6. The van der Waals surface area contributed by atoms with Crippen LogP contribution in [0.5, 0.6) is 0 Å². The van der Waals surface area contributed by atoms with E-state index >= 15 is 0 Å². The van der Waals surface area contributed by atoms with Crippen molar-refractivity contribution in [1.82, 2.24) is 4.90 Å². The van der Waals surface area contributed by atoms with Crippen molar-refractivity contribution in [2.24, 2.45) is 11.8 Å². The summed E-state index contributed by atoms with van der Waals surface area (Å²) in [5, 5.41) is 2.96. The fourth-order valence-electron chi connectivity index (χ4n) is 4.85. The van der Waals surface area contributed by atoms with Gasteiger partial charge in [-0.25, -0.2) is 4.79 Å². The lowest BCUT2D eigenvalue weighted by Crippen LogP contribution is -2.35. The van der Waals surface area contributed by atoms with Crippen LogP contribution in [0.25, 0.3) is 11.1 Å². The number of benzene rings is 2. The minimum absolute atomic E-state index is 0.0138. The minimum atomic E-state index is -0.362. The molecule has 0 spiro atoms. The number of nitrogens with one attached hydrogen (secondary N) is 1. The van der Waals surface area contributed by atoms with Crippen molar-refractivity contribution in [2.75, 3.05) is 19.4 Å². The van der Waals surface area contributed by atoms with Gasteiger partial charge in [-0.15, -0.1) is 0 Å². The zero-order valence-electron chi connectivity index (χ0n) is 15.6. The van der Waals surface area contributed by atoms with Crippen LogP contribution in [0.3, 0.4) is 0 Å². The summed E-state index contributed by atoms with van der Waals surface area (Å²) in [6.07, 6.45) is 1.61. The van der Waals surface area contributed by atoms with E-state index in [0.29, 0.717) is 22.7 Å². The van der Waals surface area contributed by atoms with Crippen LogP contribution in [0, 0.1) is 11.8 Å². The summed E-state index contributed by atoms with van der Waals surface area (Å²) < 4.78 is 5.87. The molecule has 1 N–H and O–H groups in total. The van der Waals surface area contributed by atoms with Crippen LogP contribution in [0.4, 0.5) is 10.5 Å². The third-order valence-corrected chi connectivity index (χ3v) is 6.98. The maximum Gasteiger partial charge on any atom is 0.411 e. The first-order valence-corrected chi connectivity index (χ1v) is 10.4. The van der Waals surface area contributed by atoms with Crippen LogP contribution in [-0.4, -0.2) is 42.1 Å². The highest BCUT2D eigenvalue weighted by Gasteiger charge is 2.54. The summed E-state index contributed by atoms with van der Waals surface area (Å²) in [6, 6.07) is 18.4. The summed E-state index contributed by atoms with van der Waals surface area (Å²) in [5.41, 5.74) is 2.84. The Labute approximate surface area is 169 Å². The molecule has 2 aromatic rings. The first kappa shape index (κ1) is 18.5. The van der Waals surface area contributed by atoms with Crippen molar-refractivity contribution in [3.63, 3.8) is 0 Å². The summed E-state index contributed by atoms with van der Waals surface area (Å²) >= 11 is 3.80. The molecule has 0 aromatic heterocycles. The molecule has 1 amide bonds. The lowest BCUT2D eigenvalue weighted by molar-refractivity contribution is 0.0690. The smallest absolute Gasteiger partial charge is 0.411 e. The van der Waals surface area contributed by atoms with E-state index in [9.17, 15) is 4.79 Å². The Morgan fingerprint density at radius 2 is 1.74 bits per heavy atom. The lowest BCUT2D eigenvalue weighted by atomic mass is 9.97. The number of para-hydroxylation sites is 1. The Morgan fingerprint density at radius 1 is 1.04 bits per heavy atom. The standard InChI is InChI=1S/C22H25BrN2O2/c1-25(2)21-16-13-20(17(21)12-18(16)23)27-22(26)24-19-11-7-6-10-15(19)14-8-4-3-5-9-14/h3-11,16-18,20-21H,12-13H2,1-2H3,(H,24,26). The SMILES string of the molecule is CN(C)C1C2CC(OC(=O)Nc3ccccc3-c3ccccc3)C1CC2Br. The van der Waals surface area contributed by atoms with Gasteiger partial charge in [-0.1, -0.05) is 64.5 Å². The van der Waals surface area contributed by atoms with Crippen LogP contribution in [0.1, 0.15) is 12.8 Å². The van der Waals surface area contributed by atoms with E-state index in [1.807, 2.05) is 54.6 Å². The zero-order valence-corrected chi connectivity index (χ0v) is 17.2. The Balaban J connectivity index is 1.46. The van der Waals surface area contributed by atoms with Gasteiger partial charge in [0.2, 0.25) is 0 Å². The number of carbonyl (C=O) groups is 1. The summed E-state index contributed by atoms with van der Waals surface area (Å²) in [7, 11) is 4.24. The molecule has 2 bridgehead atoms. The summed E-state index contributed by atoms with van der Waals surface area (Å²) in [4.78, 5) is 15.4. The average molecular weight is 429 g/mol. The molecule has 2 aromatic carbocycles. The number of rotatable bonds is 4. The van der Waals surface area contributed by atoms with Crippen molar-refractivity contribution >= 4 is 27.7 Å². The minimum Gasteiger partial charge on any atom is -0.446 e. The fourth-order valence-corrected chi connectivity index (χ4v) is 5.81. The molecule has 2 aliphatic carbocycles.